The van der Waals surface area contributed by atoms with Crippen LogP contribution in [0.4, 0.5) is 0 Å². The first-order chi connectivity index (χ1) is 10.0. The molecule has 0 saturated carbocycles. The van der Waals surface area contributed by atoms with Crippen molar-refractivity contribution >= 4 is 46.5 Å². The molecule has 0 aliphatic heterocycles. The number of alkyl halides is 3. The Balaban J connectivity index is 2.72. The Hall–Kier alpha value is -1.23. The van der Waals surface area contributed by atoms with Gasteiger partial charge in [0.15, 0.2) is 5.78 Å². The normalized spacial score (nSPS) is 12.9. The molecular weight excluding hydrogens is 349 g/mol. The molecule has 1 aromatic carbocycles. The second kappa shape index (κ2) is 7.36. The SMILES string of the molecule is CC(C)(CC(=O)/C=C(\O)C(Cl)(Cl)Cl)NC(=O)c1ccccc1. The van der Waals surface area contributed by atoms with Crippen LogP contribution in [-0.2, 0) is 4.79 Å². The quantitative estimate of drug-likeness (QED) is 0.472. The van der Waals surface area contributed by atoms with Crippen molar-refractivity contribution in [1.29, 1.82) is 0 Å². The van der Waals surface area contributed by atoms with Gasteiger partial charge < -0.3 is 10.4 Å². The smallest absolute Gasteiger partial charge is 0.251 e. The van der Waals surface area contributed by atoms with Gasteiger partial charge in [0.2, 0.25) is 3.79 Å². The Bertz CT molecular complexity index is 577. The van der Waals surface area contributed by atoms with Crippen LogP contribution in [-0.4, -0.2) is 26.1 Å². The molecule has 7 heteroatoms. The van der Waals surface area contributed by atoms with Gasteiger partial charge in [-0.25, -0.2) is 0 Å². The topological polar surface area (TPSA) is 66.4 Å². The number of amides is 1. The fraction of sp³-hybridized carbons (Fsp3) is 0.333. The summed E-state index contributed by atoms with van der Waals surface area (Å²) in [7, 11) is 0. The summed E-state index contributed by atoms with van der Waals surface area (Å²) in [5.41, 5.74) is -0.336. The third kappa shape index (κ3) is 6.26. The monoisotopic (exact) mass is 363 g/mol. The molecule has 0 aliphatic rings. The Kier molecular flexibility index (Phi) is 6.29. The molecule has 2 N–H and O–H groups in total. The summed E-state index contributed by atoms with van der Waals surface area (Å²) >= 11 is 16.4. The van der Waals surface area contributed by atoms with Crippen LogP contribution in [0.15, 0.2) is 42.2 Å². The summed E-state index contributed by atoms with van der Waals surface area (Å²) in [6.07, 6.45) is 0.791. The molecule has 0 spiro atoms. The van der Waals surface area contributed by atoms with Gasteiger partial charge in [-0.2, -0.15) is 0 Å². The fourth-order valence-electron chi connectivity index (χ4n) is 1.73. The van der Waals surface area contributed by atoms with E-state index in [0.29, 0.717) is 5.56 Å². The molecule has 120 valence electrons. The van der Waals surface area contributed by atoms with Crippen LogP contribution in [0.1, 0.15) is 30.6 Å². The number of carbonyl (C=O) groups is 2. The Labute approximate surface area is 144 Å². The lowest BCUT2D eigenvalue weighted by Crippen LogP contribution is -2.44. The Morgan fingerprint density at radius 2 is 1.73 bits per heavy atom. The van der Waals surface area contributed by atoms with Crippen LogP contribution in [0.2, 0.25) is 0 Å². The van der Waals surface area contributed by atoms with E-state index in [2.05, 4.69) is 5.32 Å². The summed E-state index contributed by atoms with van der Waals surface area (Å²) in [5, 5.41) is 12.2. The highest BCUT2D eigenvalue weighted by molar-refractivity contribution is 6.69. The first kappa shape index (κ1) is 18.8. The van der Waals surface area contributed by atoms with E-state index in [1.54, 1.807) is 44.2 Å². The summed E-state index contributed by atoms with van der Waals surface area (Å²) in [6.45, 7) is 3.37. The zero-order valence-electron chi connectivity index (χ0n) is 12.1. The summed E-state index contributed by atoms with van der Waals surface area (Å²) < 4.78 is -2.05. The lowest BCUT2D eigenvalue weighted by Gasteiger charge is -2.25. The van der Waals surface area contributed by atoms with E-state index in [1.807, 2.05) is 0 Å². The van der Waals surface area contributed by atoms with Crippen molar-refractivity contribution in [2.75, 3.05) is 0 Å². The fourth-order valence-corrected chi connectivity index (χ4v) is 1.90. The second-order valence-electron chi connectivity index (χ2n) is 5.37. The van der Waals surface area contributed by atoms with Crippen LogP contribution < -0.4 is 5.32 Å². The average Bonchev–Trinajstić information content (AvgIpc) is 2.37. The molecule has 0 bridgehead atoms. The van der Waals surface area contributed by atoms with Crippen molar-refractivity contribution in [2.24, 2.45) is 0 Å². The predicted molar refractivity (Wildman–Crippen MR) is 88.6 cm³/mol. The van der Waals surface area contributed by atoms with Crippen LogP contribution >= 0.6 is 34.8 Å². The van der Waals surface area contributed by atoms with Gasteiger partial charge in [0.05, 0.1) is 0 Å². The highest BCUT2D eigenvalue weighted by Crippen LogP contribution is 2.33. The molecule has 0 radical (unpaired) electrons. The Morgan fingerprint density at radius 1 is 1.18 bits per heavy atom. The number of rotatable bonds is 5. The molecule has 0 aliphatic carbocycles. The second-order valence-corrected chi connectivity index (χ2v) is 7.66. The summed E-state index contributed by atoms with van der Waals surface area (Å²) in [6, 6.07) is 8.63. The van der Waals surface area contributed by atoms with Crippen LogP contribution in [0.5, 0.6) is 0 Å². The molecule has 0 atom stereocenters. The maximum Gasteiger partial charge on any atom is 0.251 e. The number of hydrogen-bond donors (Lipinski definition) is 2. The number of aliphatic hydroxyl groups is 1. The molecule has 0 fully saturated rings. The predicted octanol–water partition coefficient (Wildman–Crippen LogP) is 3.97. The average molecular weight is 365 g/mol. The van der Waals surface area contributed by atoms with Crippen molar-refractivity contribution in [3.8, 4) is 0 Å². The van der Waals surface area contributed by atoms with Crippen LogP contribution in [0.3, 0.4) is 0 Å². The van der Waals surface area contributed by atoms with Gasteiger partial charge in [0.25, 0.3) is 5.91 Å². The van der Waals surface area contributed by atoms with E-state index in [-0.39, 0.29) is 12.3 Å². The summed E-state index contributed by atoms with van der Waals surface area (Å²) in [5.74, 6) is -1.43. The minimum absolute atomic E-state index is 0.0591. The van der Waals surface area contributed by atoms with E-state index in [4.69, 9.17) is 34.8 Å². The molecule has 1 aromatic rings. The molecule has 22 heavy (non-hydrogen) atoms. The largest absolute Gasteiger partial charge is 0.508 e. The van der Waals surface area contributed by atoms with E-state index >= 15 is 0 Å². The standard InChI is InChI=1S/C15H16Cl3NO3/c1-14(2,9-11(20)8-12(21)15(16,17)18)19-13(22)10-6-4-3-5-7-10/h3-8,21H,9H2,1-2H3,(H,19,22)/b12-8-. The maximum absolute atomic E-state index is 12.1. The van der Waals surface area contributed by atoms with Gasteiger partial charge in [-0.3, -0.25) is 9.59 Å². The first-order valence-corrected chi connectivity index (χ1v) is 7.53. The number of nitrogens with one attached hydrogen (secondary N) is 1. The molecule has 1 rings (SSSR count). The Morgan fingerprint density at radius 3 is 2.23 bits per heavy atom. The molecule has 0 aromatic heterocycles. The van der Waals surface area contributed by atoms with Crippen molar-refractivity contribution in [2.45, 2.75) is 29.6 Å². The number of benzene rings is 1. The lowest BCUT2D eigenvalue weighted by molar-refractivity contribution is -0.115. The van der Waals surface area contributed by atoms with Gasteiger partial charge in [0.1, 0.15) is 5.76 Å². The molecule has 4 nitrogen and oxygen atoms in total. The lowest BCUT2D eigenvalue weighted by atomic mass is 9.96. The van der Waals surface area contributed by atoms with Gasteiger partial charge in [0, 0.05) is 23.6 Å². The van der Waals surface area contributed by atoms with E-state index in [0.717, 1.165) is 6.08 Å². The zero-order valence-corrected chi connectivity index (χ0v) is 14.3. The molecule has 0 heterocycles. The van der Waals surface area contributed by atoms with Crippen molar-refractivity contribution in [3.63, 3.8) is 0 Å². The van der Waals surface area contributed by atoms with Crippen molar-refractivity contribution < 1.29 is 14.7 Å². The van der Waals surface area contributed by atoms with Crippen molar-refractivity contribution in [1.82, 2.24) is 5.32 Å². The minimum atomic E-state index is -2.05. The number of allylic oxidation sites excluding steroid dienone is 2. The summed E-state index contributed by atoms with van der Waals surface area (Å²) in [4.78, 5) is 23.9. The van der Waals surface area contributed by atoms with E-state index < -0.39 is 20.9 Å². The number of hydrogen-bond acceptors (Lipinski definition) is 3. The maximum atomic E-state index is 12.1. The van der Waals surface area contributed by atoms with Gasteiger partial charge >= 0.3 is 0 Å². The third-order valence-electron chi connectivity index (χ3n) is 2.69. The minimum Gasteiger partial charge on any atom is -0.508 e. The first-order valence-electron chi connectivity index (χ1n) is 6.39. The van der Waals surface area contributed by atoms with Gasteiger partial charge in [-0.1, -0.05) is 53.0 Å². The molecular formula is C15H16Cl3NO3. The number of ketones is 1. The molecule has 1 amide bonds. The number of halogens is 3. The van der Waals surface area contributed by atoms with E-state index in [1.165, 1.54) is 0 Å². The molecule has 0 saturated heterocycles. The van der Waals surface area contributed by atoms with Crippen LogP contribution in [0, 0.1) is 0 Å². The van der Waals surface area contributed by atoms with Gasteiger partial charge in [-0.05, 0) is 26.0 Å². The highest BCUT2D eigenvalue weighted by atomic mass is 35.6. The molecule has 0 unspecified atom stereocenters. The zero-order chi connectivity index (χ0) is 17.0. The van der Waals surface area contributed by atoms with Gasteiger partial charge in [-0.15, -0.1) is 0 Å². The van der Waals surface area contributed by atoms with Crippen LogP contribution in [0.25, 0.3) is 0 Å². The highest BCUT2D eigenvalue weighted by Gasteiger charge is 2.28. The van der Waals surface area contributed by atoms with Crippen molar-refractivity contribution in [3.05, 3.63) is 47.7 Å². The van der Waals surface area contributed by atoms with E-state index in [9.17, 15) is 14.7 Å². The third-order valence-corrected chi connectivity index (χ3v) is 3.27. The number of carbonyl (C=O) groups excluding carboxylic acids is 2. The number of aliphatic hydroxyl groups excluding tert-OH is 1.